The zero-order chi connectivity index (χ0) is 57.9. The monoisotopic (exact) mass is 1180 g/mol. The van der Waals surface area contributed by atoms with Gasteiger partial charge < -0.3 is 33.3 Å². The lowest BCUT2D eigenvalue weighted by Gasteiger charge is -1.83. The second-order valence-corrected chi connectivity index (χ2v) is 17.6. The smallest absolute Gasteiger partial charge is 0.180 e. The van der Waals surface area contributed by atoms with Gasteiger partial charge in [-0.3, -0.25) is 10.1 Å². The molecular weight excluding hydrogens is 1120 g/mol. The topological polar surface area (TPSA) is 259 Å². The number of aromatic amines is 5. The molecule has 17 rings (SSSR count). The number of azo groups is 1. The average Bonchev–Trinajstić information content (AvgIpc) is 4.44. The summed E-state index contributed by atoms with van der Waals surface area (Å²) in [6.07, 6.45) is 38.8. The molecular formula is C60H60N16O3S4. The molecule has 0 saturated carbocycles. The van der Waals surface area contributed by atoms with E-state index in [9.17, 15) is 0 Å². The van der Waals surface area contributed by atoms with Gasteiger partial charge in [0.15, 0.2) is 6.39 Å². The molecule has 16 aromatic rings. The van der Waals surface area contributed by atoms with Crippen molar-refractivity contribution in [3.05, 3.63) is 321 Å². The summed E-state index contributed by atoms with van der Waals surface area (Å²) in [7, 11) is 0. The van der Waals surface area contributed by atoms with Gasteiger partial charge in [-0.1, -0.05) is 65.8 Å². The number of furan rings is 1. The molecule has 83 heavy (non-hydrogen) atoms. The number of aromatic nitrogens is 14. The number of hydrogen-bond acceptors (Lipinski definition) is 18. The molecule has 0 radical (unpaired) electrons. The molecule has 0 spiro atoms. The number of H-pyrrole nitrogens is 5. The highest BCUT2D eigenvalue weighted by Gasteiger charge is 1.89. The van der Waals surface area contributed by atoms with Crippen LogP contribution in [0.2, 0.25) is 0 Å². The van der Waals surface area contributed by atoms with Gasteiger partial charge in [-0.15, -0.1) is 22.7 Å². The second-order valence-electron chi connectivity index (χ2n) is 14.4. The minimum atomic E-state index is 0.778. The van der Waals surface area contributed by atoms with Gasteiger partial charge in [0.05, 0.1) is 60.7 Å². The number of thiazole rings is 1. The number of imidazole rings is 2. The third kappa shape index (κ3) is 37.0. The molecule has 0 unspecified atom stereocenters. The maximum Gasteiger partial charge on any atom is 0.180 e. The first kappa shape index (κ1) is 64.9. The third-order valence-corrected chi connectivity index (χ3v) is 11.2. The molecule has 0 amide bonds. The van der Waals surface area contributed by atoms with Crippen LogP contribution in [0.5, 0.6) is 0 Å². The lowest BCUT2D eigenvalue weighted by Crippen LogP contribution is -1.66. The number of hydrogen-bond donors (Lipinski definition) is 5. The van der Waals surface area contributed by atoms with Gasteiger partial charge in [-0.2, -0.15) is 26.7 Å². The number of rotatable bonds is 0. The van der Waals surface area contributed by atoms with E-state index in [0.29, 0.717) is 0 Å². The van der Waals surface area contributed by atoms with Gasteiger partial charge in [0.1, 0.15) is 18.9 Å². The molecule has 0 aliphatic carbocycles. The molecule has 422 valence electrons. The summed E-state index contributed by atoms with van der Waals surface area (Å²) in [5.41, 5.74) is 5.12. The fourth-order valence-corrected chi connectivity index (χ4v) is 7.08. The zero-order valence-electron chi connectivity index (χ0n) is 44.6. The summed E-state index contributed by atoms with van der Waals surface area (Å²) in [4.78, 5) is 34.1. The van der Waals surface area contributed by atoms with Crippen molar-refractivity contribution in [3.63, 3.8) is 0 Å². The van der Waals surface area contributed by atoms with Crippen molar-refractivity contribution in [2.45, 2.75) is 0 Å². The Morgan fingerprint density at radius 2 is 1.29 bits per heavy atom. The number of fused-ring (bicyclic) bond motifs is 3. The van der Waals surface area contributed by atoms with Crippen LogP contribution in [-0.4, -0.2) is 76.1 Å². The zero-order valence-corrected chi connectivity index (χ0v) is 47.8. The van der Waals surface area contributed by atoms with Gasteiger partial charge in [-0.25, -0.2) is 29.3 Å². The molecule has 14 heterocycles. The Balaban J connectivity index is 0.000000193. The van der Waals surface area contributed by atoms with Gasteiger partial charge in [-0.05, 0) is 129 Å². The lowest BCUT2D eigenvalue weighted by atomic mass is 10.3. The van der Waals surface area contributed by atoms with Crippen LogP contribution in [0.1, 0.15) is 0 Å². The summed E-state index contributed by atoms with van der Waals surface area (Å²) in [6, 6.07) is 47.6. The van der Waals surface area contributed by atoms with Crippen molar-refractivity contribution in [1.82, 2.24) is 69.6 Å². The number of para-hydroxylation sites is 3. The van der Waals surface area contributed by atoms with Crippen LogP contribution in [0, 0.1) is 0 Å². The Morgan fingerprint density at radius 1 is 0.470 bits per heavy atom. The van der Waals surface area contributed by atoms with Crippen molar-refractivity contribution in [1.29, 1.82) is 0 Å². The first-order valence-corrected chi connectivity index (χ1v) is 28.3. The average molecular weight is 1180 g/mol. The first-order chi connectivity index (χ1) is 41.4. The highest BCUT2D eigenvalue weighted by atomic mass is 32.1. The van der Waals surface area contributed by atoms with E-state index in [-0.39, 0.29) is 0 Å². The number of thiophene rings is 2. The summed E-state index contributed by atoms with van der Waals surface area (Å²) in [6.45, 7) is 0.778. The maximum atomic E-state index is 4.58. The van der Waals surface area contributed by atoms with Crippen LogP contribution in [-0.2, 0) is 0 Å². The highest BCUT2D eigenvalue weighted by Crippen LogP contribution is 2.19. The highest BCUT2D eigenvalue weighted by molar-refractivity contribution is 7.17. The molecule has 23 heteroatoms. The van der Waals surface area contributed by atoms with E-state index in [1.807, 2.05) is 131 Å². The van der Waals surface area contributed by atoms with Crippen LogP contribution in [0.25, 0.3) is 32.0 Å². The predicted molar refractivity (Wildman–Crippen MR) is 335 cm³/mol. The minimum Gasteiger partial charge on any atom is -0.473 e. The van der Waals surface area contributed by atoms with E-state index in [0.717, 1.165) is 17.6 Å². The standard InChI is InChI=1S/C8H7N.C8H6S.C7H6N2.C4H4N2.C4H5N.C4H4O.C4H4S.3C3H4N2.2C3H3NO.2C3H3NS/c2*1-2-4-8-7(3-1)5-6-9-8;1-2-4-7-6(3-1)8-5-9-7;1-2-5-4-6-3-1;3*1-2-4-5-3-1;1-2-5-3-4-1;2*1-2-4-5-3-1;1-2-5-3-4-1;1-2-4-5-3-1;1-2-5-3-4-1;1-2-4-5-3-1/h1-6,9H;1-6H;1-5H,(H,8,9);1-4H;1-5H;2*1-4H;1-3H,(H,4,5);1-2H,3H2;1-3H,(H,4,5);4*1-3H. The van der Waals surface area contributed by atoms with Gasteiger partial charge >= 0.3 is 0 Å². The quantitative estimate of drug-likeness (QED) is 0.0950. The van der Waals surface area contributed by atoms with Crippen molar-refractivity contribution < 1.29 is 13.4 Å². The predicted octanol–water partition coefficient (Wildman–Crippen LogP) is 16.6. The van der Waals surface area contributed by atoms with E-state index in [4.69, 9.17) is 0 Å². The molecule has 0 saturated heterocycles. The minimum absolute atomic E-state index is 0.778. The van der Waals surface area contributed by atoms with Crippen LogP contribution in [0.4, 0.5) is 0 Å². The molecule has 1 aliphatic heterocycles. The van der Waals surface area contributed by atoms with Crippen molar-refractivity contribution in [3.8, 4) is 0 Å². The summed E-state index contributed by atoms with van der Waals surface area (Å²) < 4.78 is 18.5. The Kier molecular flexibility index (Phi) is 38.9. The van der Waals surface area contributed by atoms with E-state index in [2.05, 4.69) is 147 Å². The Labute approximate surface area is 495 Å². The molecule has 1 aliphatic rings. The SMILES string of the molecule is C1=CN=NC1.c1c[nH]cn1.c1cc[nH]c1.c1ccc2[nH]ccc2c1.c1ccc2[nH]cnc2c1.c1ccc2sccc2c1.c1ccoc1.c1ccsc1.c1cn[nH]c1.c1cncnc1.c1cnoc1.c1cnsc1.c1cocn1.c1cscn1. The normalized spacial score (nSPS) is 9.30. The Morgan fingerprint density at radius 3 is 1.69 bits per heavy atom. The molecule has 0 atom stereocenters. The van der Waals surface area contributed by atoms with Gasteiger partial charge in [0.25, 0.3) is 0 Å². The maximum absolute atomic E-state index is 4.58. The largest absolute Gasteiger partial charge is 0.473 e. The summed E-state index contributed by atoms with van der Waals surface area (Å²) in [5, 5.41) is 29.4. The number of benzene rings is 3. The number of nitrogens with one attached hydrogen (secondary N) is 5. The lowest BCUT2D eigenvalue weighted by molar-refractivity contribution is 0.420. The summed E-state index contributed by atoms with van der Waals surface area (Å²) in [5.74, 6) is 0. The van der Waals surface area contributed by atoms with Crippen molar-refractivity contribution >= 4 is 77.6 Å². The van der Waals surface area contributed by atoms with Gasteiger partial charge in [0.2, 0.25) is 0 Å². The Hall–Kier alpha value is -10.6. The molecule has 13 aromatic heterocycles. The van der Waals surface area contributed by atoms with E-state index < -0.39 is 0 Å². The van der Waals surface area contributed by atoms with Gasteiger partial charge in [0, 0.05) is 95.3 Å². The van der Waals surface area contributed by atoms with Crippen LogP contribution >= 0.6 is 45.5 Å². The second kappa shape index (κ2) is 49.7. The number of nitrogens with zero attached hydrogens (tertiary/aromatic N) is 11. The van der Waals surface area contributed by atoms with Crippen molar-refractivity contribution in [2.75, 3.05) is 6.54 Å². The fourth-order valence-electron chi connectivity index (χ4n) is 5.13. The summed E-state index contributed by atoms with van der Waals surface area (Å²) >= 11 is 6.57. The third-order valence-electron chi connectivity index (χ3n) is 8.62. The molecule has 0 fully saturated rings. The fraction of sp³-hybridized carbons (Fsp3) is 0.0167. The van der Waals surface area contributed by atoms with E-state index in [1.54, 1.807) is 145 Å². The van der Waals surface area contributed by atoms with E-state index in [1.165, 1.54) is 57.8 Å². The molecule has 19 nitrogen and oxygen atoms in total. The molecule has 3 aromatic carbocycles. The number of oxazole rings is 1. The van der Waals surface area contributed by atoms with Crippen LogP contribution < -0.4 is 0 Å². The first-order valence-electron chi connectivity index (χ1n) is 24.7. The van der Waals surface area contributed by atoms with Crippen molar-refractivity contribution in [2.24, 2.45) is 10.2 Å². The van der Waals surface area contributed by atoms with Crippen LogP contribution in [0.15, 0.2) is 345 Å². The molecule has 0 bridgehead atoms. The molecule has 5 N–H and O–H groups in total. The van der Waals surface area contributed by atoms with Crippen LogP contribution in [0.3, 0.4) is 0 Å². The Bertz CT molecular complexity index is 2820. The van der Waals surface area contributed by atoms with E-state index >= 15 is 0 Å².